The second-order valence-electron chi connectivity index (χ2n) is 9.06. The molecule has 0 unspecified atom stereocenters. The molecule has 0 radical (unpaired) electrons. The predicted molar refractivity (Wildman–Crippen MR) is 159 cm³/mol. The summed E-state index contributed by atoms with van der Waals surface area (Å²) >= 11 is 5.90. The van der Waals surface area contributed by atoms with Crippen molar-refractivity contribution < 1.29 is 14.7 Å². The Hall–Kier alpha value is -3.48. The molecule has 0 aliphatic heterocycles. The molecule has 4 nitrogen and oxygen atoms in total. The van der Waals surface area contributed by atoms with Gasteiger partial charge in [0, 0.05) is 11.5 Å². The number of hydrogen-bond donors (Lipinski definition) is 3. The van der Waals surface area contributed by atoms with Gasteiger partial charge >= 0.3 is 5.97 Å². The average molecular weight is 542 g/mol. The summed E-state index contributed by atoms with van der Waals surface area (Å²) < 4.78 is -0.671. The summed E-state index contributed by atoms with van der Waals surface area (Å²) in [5.41, 5.74) is 4.12. The van der Waals surface area contributed by atoms with Crippen LogP contribution >= 0.6 is 24.4 Å². The fraction of sp³-hybridized carbons (Fsp3) is 0.188. The third-order valence-electron chi connectivity index (χ3n) is 6.54. The van der Waals surface area contributed by atoms with Gasteiger partial charge in [0.25, 0.3) is 0 Å². The molecule has 6 heteroatoms. The Kier molecular flexibility index (Phi) is 9.68. The van der Waals surface area contributed by atoms with E-state index in [0.717, 1.165) is 22.3 Å². The van der Waals surface area contributed by atoms with E-state index in [1.165, 1.54) is 11.8 Å². The van der Waals surface area contributed by atoms with Gasteiger partial charge in [-0.15, -0.1) is 11.8 Å². The molecule has 4 aromatic rings. The topological polar surface area (TPSA) is 66.4 Å². The Morgan fingerprint density at radius 1 is 0.737 bits per heavy atom. The summed E-state index contributed by atoms with van der Waals surface area (Å²) in [5.74, 6) is -1.31. The molecule has 2 atom stereocenters. The highest BCUT2D eigenvalue weighted by Gasteiger charge is 2.38. The van der Waals surface area contributed by atoms with Crippen LogP contribution in [-0.2, 0) is 20.8 Å². The lowest BCUT2D eigenvalue weighted by Gasteiger charge is -2.36. The second kappa shape index (κ2) is 13.4. The second-order valence-corrected chi connectivity index (χ2v) is 10.7. The van der Waals surface area contributed by atoms with Gasteiger partial charge < -0.3 is 10.4 Å². The number of rotatable bonds is 12. The molecule has 0 fully saturated rings. The molecular formula is C32H31NO3S2. The van der Waals surface area contributed by atoms with Gasteiger partial charge in [0.2, 0.25) is 5.91 Å². The van der Waals surface area contributed by atoms with Crippen LogP contribution in [0.2, 0.25) is 0 Å². The predicted octanol–water partition coefficient (Wildman–Crippen LogP) is 6.07. The fourth-order valence-electron chi connectivity index (χ4n) is 4.58. The molecule has 194 valence electrons. The van der Waals surface area contributed by atoms with E-state index in [-0.39, 0.29) is 11.7 Å². The Morgan fingerprint density at radius 3 is 1.55 bits per heavy atom. The van der Waals surface area contributed by atoms with Crippen LogP contribution in [0.1, 0.15) is 22.3 Å². The van der Waals surface area contributed by atoms with Crippen LogP contribution < -0.4 is 5.32 Å². The number of aliphatic carboxylic acids is 1. The average Bonchev–Trinajstić information content (AvgIpc) is 2.97. The molecule has 1 amide bonds. The minimum absolute atomic E-state index is 0.171. The van der Waals surface area contributed by atoms with Gasteiger partial charge in [-0.3, -0.25) is 4.79 Å². The number of carboxylic acids is 1. The first-order valence-corrected chi connectivity index (χ1v) is 14.1. The maximum absolute atomic E-state index is 13.2. The molecule has 0 aliphatic carbocycles. The highest BCUT2D eigenvalue weighted by molar-refractivity contribution is 8.00. The molecule has 0 aliphatic rings. The van der Waals surface area contributed by atoms with Crippen molar-refractivity contribution in [3.8, 4) is 0 Å². The zero-order valence-electron chi connectivity index (χ0n) is 20.9. The summed E-state index contributed by atoms with van der Waals surface area (Å²) in [6.07, 6.45) is 0.498. The minimum atomic E-state index is -1.07. The van der Waals surface area contributed by atoms with Crippen molar-refractivity contribution in [3.63, 3.8) is 0 Å². The molecule has 0 bridgehead atoms. The van der Waals surface area contributed by atoms with Gasteiger partial charge in [0.1, 0.15) is 6.04 Å². The zero-order chi connectivity index (χ0) is 26.8. The Morgan fingerprint density at radius 2 is 1.16 bits per heavy atom. The van der Waals surface area contributed by atoms with Crippen molar-refractivity contribution in [1.82, 2.24) is 5.32 Å². The third-order valence-corrected chi connectivity index (χ3v) is 8.62. The van der Waals surface area contributed by atoms with Crippen molar-refractivity contribution in [3.05, 3.63) is 144 Å². The Balaban J connectivity index is 1.64. The summed E-state index contributed by atoms with van der Waals surface area (Å²) in [7, 11) is 0. The van der Waals surface area contributed by atoms with Crippen LogP contribution in [-0.4, -0.2) is 34.5 Å². The first-order chi connectivity index (χ1) is 18.5. The van der Waals surface area contributed by atoms with E-state index in [2.05, 4.69) is 54.3 Å². The first kappa shape index (κ1) is 27.6. The van der Waals surface area contributed by atoms with E-state index in [4.69, 9.17) is 0 Å². The first-order valence-electron chi connectivity index (χ1n) is 12.5. The van der Waals surface area contributed by atoms with E-state index in [1.807, 2.05) is 84.9 Å². The lowest BCUT2D eigenvalue weighted by Crippen LogP contribution is -2.46. The van der Waals surface area contributed by atoms with Gasteiger partial charge in [0.05, 0.1) is 10.7 Å². The van der Waals surface area contributed by atoms with Crippen LogP contribution in [0.5, 0.6) is 0 Å². The minimum Gasteiger partial charge on any atom is -0.480 e. The Labute approximate surface area is 233 Å². The van der Waals surface area contributed by atoms with Crippen molar-refractivity contribution in [2.75, 3.05) is 11.5 Å². The van der Waals surface area contributed by atoms with Gasteiger partial charge in [-0.25, -0.2) is 4.79 Å². The number of benzene rings is 4. The van der Waals surface area contributed by atoms with E-state index >= 15 is 0 Å². The molecule has 0 saturated carbocycles. The van der Waals surface area contributed by atoms with E-state index < -0.39 is 22.7 Å². The Bertz CT molecular complexity index is 1210. The van der Waals surface area contributed by atoms with Gasteiger partial charge in [-0.1, -0.05) is 121 Å². The number of nitrogens with one attached hydrogen (secondary N) is 1. The highest BCUT2D eigenvalue weighted by atomic mass is 32.2. The normalized spacial score (nSPS) is 12.9. The number of thioether (sulfide) groups is 1. The lowest BCUT2D eigenvalue weighted by molar-refractivity contribution is -0.141. The molecule has 4 aromatic carbocycles. The maximum Gasteiger partial charge on any atom is 0.327 e. The molecule has 2 N–H and O–H groups in total. The van der Waals surface area contributed by atoms with Crippen LogP contribution in [0.25, 0.3) is 0 Å². The van der Waals surface area contributed by atoms with Crippen molar-refractivity contribution in [2.45, 2.75) is 17.2 Å². The molecule has 38 heavy (non-hydrogen) atoms. The molecule has 0 saturated heterocycles. The molecular weight excluding hydrogens is 510 g/mol. The summed E-state index contributed by atoms with van der Waals surface area (Å²) in [6.45, 7) is 0. The fourth-order valence-corrected chi connectivity index (χ4v) is 6.43. The third kappa shape index (κ3) is 6.50. The van der Waals surface area contributed by atoms with Crippen molar-refractivity contribution in [1.29, 1.82) is 0 Å². The quantitative estimate of drug-likeness (QED) is 0.150. The van der Waals surface area contributed by atoms with Crippen molar-refractivity contribution >= 4 is 36.3 Å². The van der Waals surface area contributed by atoms with Crippen molar-refractivity contribution in [2.24, 2.45) is 5.92 Å². The lowest BCUT2D eigenvalue weighted by atomic mass is 9.84. The molecule has 0 spiro atoms. The van der Waals surface area contributed by atoms with Crippen LogP contribution in [0.4, 0.5) is 0 Å². The van der Waals surface area contributed by atoms with Crippen LogP contribution in [0.15, 0.2) is 121 Å². The SMILES string of the molecule is O=C(N[C@@H](CSC(c1ccccc1)(c1ccccc1)c1ccccc1)C(=O)O)[C@@H](CS)Cc1ccccc1. The van der Waals surface area contributed by atoms with Gasteiger partial charge in [0.15, 0.2) is 0 Å². The number of hydrogen-bond acceptors (Lipinski definition) is 4. The standard InChI is InChI=1S/C32H31NO3S2/c34-30(25(22-37)21-24-13-5-1-6-14-24)33-29(31(35)36)23-38-32(26-15-7-2-8-16-26,27-17-9-3-10-18-27)28-19-11-4-12-20-28/h1-20,25,29,37H,21-23H2,(H,33,34)(H,35,36)/t25-,29+/m1/s1. The van der Waals surface area contributed by atoms with E-state index in [0.29, 0.717) is 12.2 Å². The monoisotopic (exact) mass is 541 g/mol. The summed E-state index contributed by atoms with van der Waals surface area (Å²) in [4.78, 5) is 25.6. The number of carbonyl (C=O) groups is 2. The summed E-state index contributed by atoms with van der Waals surface area (Å²) in [6, 6.07) is 38.9. The van der Waals surface area contributed by atoms with Crippen LogP contribution in [0.3, 0.4) is 0 Å². The molecule has 4 rings (SSSR count). The van der Waals surface area contributed by atoms with Gasteiger partial charge in [-0.2, -0.15) is 12.6 Å². The maximum atomic E-state index is 13.2. The van der Waals surface area contributed by atoms with E-state index in [9.17, 15) is 14.7 Å². The number of thiol groups is 1. The van der Waals surface area contributed by atoms with E-state index in [1.54, 1.807) is 0 Å². The smallest absolute Gasteiger partial charge is 0.327 e. The number of amides is 1. The highest BCUT2D eigenvalue weighted by Crippen LogP contribution is 2.48. The molecule has 0 heterocycles. The zero-order valence-corrected chi connectivity index (χ0v) is 22.7. The number of carboxylic acid groups (broad SMARTS) is 1. The number of carbonyl (C=O) groups excluding carboxylic acids is 1. The van der Waals surface area contributed by atoms with Crippen LogP contribution in [0, 0.1) is 5.92 Å². The summed E-state index contributed by atoms with van der Waals surface area (Å²) in [5, 5.41) is 12.9. The van der Waals surface area contributed by atoms with Gasteiger partial charge in [-0.05, 0) is 28.7 Å². The molecule has 0 aromatic heterocycles. The largest absolute Gasteiger partial charge is 0.480 e.